The lowest BCUT2D eigenvalue weighted by molar-refractivity contribution is -0.115. The number of ether oxygens (including phenoxy) is 1. The van der Waals surface area contributed by atoms with E-state index in [0.717, 1.165) is 28.1 Å². The van der Waals surface area contributed by atoms with E-state index in [0.29, 0.717) is 11.6 Å². The van der Waals surface area contributed by atoms with E-state index in [1.54, 1.807) is 7.11 Å². The van der Waals surface area contributed by atoms with E-state index < -0.39 is 0 Å². The van der Waals surface area contributed by atoms with Crippen molar-refractivity contribution in [2.24, 2.45) is 0 Å². The van der Waals surface area contributed by atoms with Crippen molar-refractivity contribution in [1.29, 1.82) is 0 Å². The number of aryl methyl sites for hydroxylation is 2. The molecule has 0 radical (unpaired) electrons. The highest BCUT2D eigenvalue weighted by Gasteiger charge is 2.10. The first-order valence-electron chi connectivity index (χ1n) is 8.01. The average Bonchev–Trinajstić information content (AvgIpc) is 3.04. The van der Waals surface area contributed by atoms with Crippen molar-refractivity contribution in [1.82, 2.24) is 4.98 Å². The predicted octanol–water partition coefficient (Wildman–Crippen LogP) is 4.62. The molecule has 5 heteroatoms. The molecule has 0 aliphatic carbocycles. The molecule has 128 valence electrons. The smallest absolute Gasteiger partial charge is 0.230 e. The minimum atomic E-state index is -0.0747. The van der Waals surface area contributed by atoms with Gasteiger partial charge in [0.25, 0.3) is 0 Å². The van der Waals surface area contributed by atoms with Gasteiger partial charge < -0.3 is 10.1 Å². The Hall–Kier alpha value is -2.66. The van der Waals surface area contributed by atoms with Gasteiger partial charge in [0, 0.05) is 10.9 Å². The normalized spacial score (nSPS) is 10.5. The first-order valence-corrected chi connectivity index (χ1v) is 8.89. The van der Waals surface area contributed by atoms with Gasteiger partial charge in [-0.3, -0.25) is 4.79 Å². The van der Waals surface area contributed by atoms with E-state index in [4.69, 9.17) is 4.74 Å². The molecule has 0 saturated heterocycles. The quantitative estimate of drug-likeness (QED) is 0.729. The lowest BCUT2D eigenvalue weighted by Gasteiger charge is -2.07. The van der Waals surface area contributed by atoms with Crippen LogP contribution in [0.4, 0.5) is 5.13 Å². The molecule has 1 N–H and O–H groups in total. The minimum absolute atomic E-state index is 0.0747. The maximum atomic E-state index is 12.3. The molecule has 1 aromatic heterocycles. The second kappa shape index (κ2) is 7.49. The average molecular weight is 352 g/mol. The van der Waals surface area contributed by atoms with Crippen LogP contribution in [-0.4, -0.2) is 18.0 Å². The van der Waals surface area contributed by atoms with Gasteiger partial charge in [0.2, 0.25) is 5.91 Å². The molecular weight excluding hydrogens is 332 g/mol. The summed E-state index contributed by atoms with van der Waals surface area (Å²) in [7, 11) is 1.64. The van der Waals surface area contributed by atoms with Crippen molar-refractivity contribution < 1.29 is 9.53 Å². The topological polar surface area (TPSA) is 51.2 Å². The standard InChI is InChI=1S/C20H20N2O2S/c1-13-4-7-16(8-5-13)17-12-25-20(21-17)22-19(23)11-15-6-9-18(24-3)14(2)10-15/h4-10,12H,11H2,1-3H3,(H,21,22,23). The minimum Gasteiger partial charge on any atom is -0.496 e. The maximum Gasteiger partial charge on any atom is 0.230 e. The van der Waals surface area contributed by atoms with E-state index in [-0.39, 0.29) is 5.91 Å². The lowest BCUT2D eigenvalue weighted by Crippen LogP contribution is -2.14. The Bertz CT molecular complexity index is 885. The van der Waals surface area contributed by atoms with Crippen LogP contribution in [0, 0.1) is 13.8 Å². The zero-order chi connectivity index (χ0) is 17.8. The van der Waals surface area contributed by atoms with Gasteiger partial charge in [-0.05, 0) is 31.0 Å². The molecule has 0 atom stereocenters. The van der Waals surface area contributed by atoms with Crippen molar-refractivity contribution in [2.45, 2.75) is 20.3 Å². The third-order valence-corrected chi connectivity index (χ3v) is 4.68. The molecule has 0 spiro atoms. The number of aromatic nitrogens is 1. The summed E-state index contributed by atoms with van der Waals surface area (Å²) < 4.78 is 5.24. The van der Waals surface area contributed by atoms with Gasteiger partial charge in [-0.25, -0.2) is 4.98 Å². The SMILES string of the molecule is COc1ccc(CC(=O)Nc2nc(-c3ccc(C)cc3)cs2)cc1C. The van der Waals surface area contributed by atoms with Crippen LogP contribution >= 0.6 is 11.3 Å². The van der Waals surface area contributed by atoms with Crippen molar-refractivity contribution >= 4 is 22.4 Å². The second-order valence-corrected chi connectivity index (χ2v) is 6.79. The molecule has 4 nitrogen and oxygen atoms in total. The summed E-state index contributed by atoms with van der Waals surface area (Å²) in [4.78, 5) is 16.8. The molecule has 0 unspecified atom stereocenters. The van der Waals surface area contributed by atoms with E-state index in [9.17, 15) is 4.79 Å². The molecule has 0 fully saturated rings. The first kappa shape index (κ1) is 17.2. The summed E-state index contributed by atoms with van der Waals surface area (Å²) in [6, 6.07) is 13.9. The van der Waals surface area contributed by atoms with Crippen LogP contribution in [0.5, 0.6) is 5.75 Å². The van der Waals surface area contributed by atoms with Crippen molar-refractivity contribution in [3.8, 4) is 17.0 Å². The number of thiazole rings is 1. The van der Waals surface area contributed by atoms with Gasteiger partial charge in [0.05, 0.1) is 19.2 Å². The number of hydrogen-bond donors (Lipinski definition) is 1. The molecule has 0 aliphatic rings. The van der Waals surface area contributed by atoms with Crippen molar-refractivity contribution in [3.63, 3.8) is 0 Å². The lowest BCUT2D eigenvalue weighted by atomic mass is 10.1. The molecular formula is C20H20N2O2S. The second-order valence-electron chi connectivity index (χ2n) is 5.93. The number of benzene rings is 2. The highest BCUT2D eigenvalue weighted by atomic mass is 32.1. The zero-order valence-electron chi connectivity index (χ0n) is 14.5. The predicted molar refractivity (Wildman–Crippen MR) is 102 cm³/mol. The van der Waals surface area contributed by atoms with Crippen LogP contribution in [0.2, 0.25) is 0 Å². The van der Waals surface area contributed by atoms with Gasteiger partial charge in [-0.2, -0.15) is 0 Å². The van der Waals surface area contributed by atoms with E-state index in [1.165, 1.54) is 16.9 Å². The Balaban J connectivity index is 1.65. The van der Waals surface area contributed by atoms with Crippen molar-refractivity contribution in [2.75, 3.05) is 12.4 Å². The third-order valence-electron chi connectivity index (χ3n) is 3.92. The number of rotatable bonds is 5. The number of carbonyl (C=O) groups excluding carboxylic acids is 1. The molecule has 1 heterocycles. The molecule has 0 saturated carbocycles. The van der Waals surface area contributed by atoms with Gasteiger partial charge >= 0.3 is 0 Å². The van der Waals surface area contributed by atoms with E-state index in [1.807, 2.05) is 42.6 Å². The van der Waals surface area contributed by atoms with E-state index in [2.05, 4.69) is 29.4 Å². The van der Waals surface area contributed by atoms with Crippen LogP contribution in [0.1, 0.15) is 16.7 Å². The van der Waals surface area contributed by atoms with Crippen LogP contribution < -0.4 is 10.1 Å². The number of carbonyl (C=O) groups is 1. The highest BCUT2D eigenvalue weighted by molar-refractivity contribution is 7.14. The number of hydrogen-bond acceptors (Lipinski definition) is 4. The molecule has 0 aliphatic heterocycles. The monoisotopic (exact) mass is 352 g/mol. The summed E-state index contributed by atoms with van der Waals surface area (Å²) in [5.74, 6) is 0.751. The maximum absolute atomic E-state index is 12.3. The molecule has 3 rings (SSSR count). The summed E-state index contributed by atoms with van der Waals surface area (Å²) in [6.07, 6.45) is 0.310. The number of methoxy groups -OCH3 is 1. The van der Waals surface area contributed by atoms with Gasteiger partial charge in [0.1, 0.15) is 5.75 Å². The molecule has 1 amide bonds. The van der Waals surface area contributed by atoms with Gasteiger partial charge in [-0.1, -0.05) is 42.0 Å². The Kier molecular flexibility index (Phi) is 5.14. The molecule has 3 aromatic rings. The Morgan fingerprint density at radius 2 is 1.92 bits per heavy atom. The Morgan fingerprint density at radius 3 is 2.60 bits per heavy atom. The third kappa shape index (κ3) is 4.25. The first-order chi connectivity index (χ1) is 12.0. The number of amides is 1. The zero-order valence-corrected chi connectivity index (χ0v) is 15.3. The number of nitrogens with one attached hydrogen (secondary N) is 1. The Morgan fingerprint density at radius 1 is 1.16 bits per heavy atom. The van der Waals surface area contributed by atoms with Gasteiger partial charge in [-0.15, -0.1) is 11.3 Å². The van der Waals surface area contributed by atoms with Crippen LogP contribution in [0.3, 0.4) is 0 Å². The molecule has 25 heavy (non-hydrogen) atoms. The summed E-state index contributed by atoms with van der Waals surface area (Å²) in [5.41, 5.74) is 5.10. The van der Waals surface area contributed by atoms with Gasteiger partial charge in [0.15, 0.2) is 5.13 Å². The largest absolute Gasteiger partial charge is 0.496 e. The van der Waals surface area contributed by atoms with E-state index >= 15 is 0 Å². The van der Waals surface area contributed by atoms with Crippen molar-refractivity contribution in [3.05, 3.63) is 64.5 Å². The Labute approximate surface area is 151 Å². The summed E-state index contributed by atoms with van der Waals surface area (Å²) in [5, 5.41) is 5.45. The number of anilines is 1. The fourth-order valence-electron chi connectivity index (χ4n) is 2.59. The summed E-state index contributed by atoms with van der Waals surface area (Å²) in [6.45, 7) is 4.02. The molecule has 0 bridgehead atoms. The highest BCUT2D eigenvalue weighted by Crippen LogP contribution is 2.25. The van der Waals surface area contributed by atoms with Crippen LogP contribution in [-0.2, 0) is 11.2 Å². The summed E-state index contributed by atoms with van der Waals surface area (Å²) >= 11 is 1.43. The van der Waals surface area contributed by atoms with Crippen LogP contribution in [0.15, 0.2) is 47.8 Å². The van der Waals surface area contributed by atoms with Crippen LogP contribution in [0.25, 0.3) is 11.3 Å². The fraction of sp³-hybridized carbons (Fsp3) is 0.200. The number of nitrogens with zero attached hydrogens (tertiary/aromatic N) is 1. The molecule has 2 aromatic carbocycles. The fourth-order valence-corrected chi connectivity index (χ4v) is 3.32.